The Morgan fingerprint density at radius 3 is 3.06 bits per heavy atom. The number of nitrogens with zero attached hydrogens (tertiary/aromatic N) is 1. The zero-order valence-corrected chi connectivity index (χ0v) is 10.3. The van der Waals surface area contributed by atoms with Gasteiger partial charge in [0, 0.05) is 6.04 Å². The van der Waals surface area contributed by atoms with Gasteiger partial charge in [0.05, 0.1) is 11.3 Å². The number of nitrogens with one attached hydrogen (secondary N) is 2. The molecule has 1 atom stereocenters. The standard InChI is InChI=1S/C14H19N3/c1-11-4-5-12(10-15)14(9-11)17-13-3-2-7-16-8-6-13/h4-5,9,13,16-17H,2-3,6-8H2,1H3. The highest BCUT2D eigenvalue weighted by molar-refractivity contribution is 5.59. The summed E-state index contributed by atoms with van der Waals surface area (Å²) in [6, 6.07) is 8.68. The summed E-state index contributed by atoms with van der Waals surface area (Å²) in [5, 5.41) is 16.0. The molecule has 0 aliphatic carbocycles. The van der Waals surface area contributed by atoms with Gasteiger partial charge >= 0.3 is 0 Å². The second kappa shape index (κ2) is 5.70. The zero-order valence-electron chi connectivity index (χ0n) is 10.3. The molecule has 90 valence electrons. The van der Waals surface area contributed by atoms with Crippen molar-refractivity contribution in [2.24, 2.45) is 0 Å². The molecule has 0 spiro atoms. The van der Waals surface area contributed by atoms with Gasteiger partial charge < -0.3 is 10.6 Å². The molecule has 0 amide bonds. The fourth-order valence-corrected chi connectivity index (χ4v) is 2.26. The van der Waals surface area contributed by atoms with Gasteiger partial charge in [0.2, 0.25) is 0 Å². The maximum atomic E-state index is 9.09. The van der Waals surface area contributed by atoms with Gasteiger partial charge in [0.25, 0.3) is 0 Å². The molecule has 0 radical (unpaired) electrons. The second-order valence-corrected chi connectivity index (χ2v) is 4.68. The molecule has 0 bridgehead atoms. The van der Waals surface area contributed by atoms with E-state index in [-0.39, 0.29) is 0 Å². The summed E-state index contributed by atoms with van der Waals surface area (Å²) in [4.78, 5) is 0. The van der Waals surface area contributed by atoms with Crippen LogP contribution in [0.1, 0.15) is 30.4 Å². The van der Waals surface area contributed by atoms with E-state index in [0.717, 1.165) is 30.8 Å². The SMILES string of the molecule is Cc1ccc(C#N)c(NC2CCCNCC2)c1. The van der Waals surface area contributed by atoms with Crippen LogP contribution in [-0.2, 0) is 0 Å². The number of rotatable bonds is 2. The lowest BCUT2D eigenvalue weighted by atomic mass is 10.1. The summed E-state index contributed by atoms with van der Waals surface area (Å²) >= 11 is 0. The van der Waals surface area contributed by atoms with Gasteiger partial charge in [-0.05, 0) is 57.0 Å². The van der Waals surface area contributed by atoms with Crippen LogP contribution in [0, 0.1) is 18.3 Å². The molecule has 1 aromatic rings. The fourth-order valence-electron chi connectivity index (χ4n) is 2.26. The minimum absolute atomic E-state index is 0.485. The van der Waals surface area contributed by atoms with Crippen molar-refractivity contribution in [3.05, 3.63) is 29.3 Å². The number of benzene rings is 1. The highest BCUT2D eigenvalue weighted by Gasteiger charge is 2.13. The van der Waals surface area contributed by atoms with Crippen LogP contribution in [-0.4, -0.2) is 19.1 Å². The van der Waals surface area contributed by atoms with Gasteiger partial charge in [-0.2, -0.15) is 5.26 Å². The minimum atomic E-state index is 0.485. The van der Waals surface area contributed by atoms with Crippen molar-refractivity contribution in [3.8, 4) is 6.07 Å². The summed E-state index contributed by atoms with van der Waals surface area (Å²) in [5.41, 5.74) is 2.92. The molecule has 1 unspecified atom stereocenters. The highest BCUT2D eigenvalue weighted by atomic mass is 14.9. The lowest BCUT2D eigenvalue weighted by molar-refractivity contribution is 0.637. The summed E-state index contributed by atoms with van der Waals surface area (Å²) in [5.74, 6) is 0. The van der Waals surface area contributed by atoms with E-state index in [0.29, 0.717) is 6.04 Å². The Labute approximate surface area is 103 Å². The number of hydrogen-bond acceptors (Lipinski definition) is 3. The molecular formula is C14H19N3. The third-order valence-corrected chi connectivity index (χ3v) is 3.23. The maximum absolute atomic E-state index is 9.09. The molecule has 1 aliphatic rings. The molecule has 1 saturated heterocycles. The van der Waals surface area contributed by atoms with Crippen LogP contribution in [0.15, 0.2) is 18.2 Å². The summed E-state index contributed by atoms with van der Waals surface area (Å²) in [6.07, 6.45) is 3.50. The van der Waals surface area contributed by atoms with Gasteiger partial charge in [-0.1, -0.05) is 6.07 Å². The monoisotopic (exact) mass is 229 g/mol. The van der Waals surface area contributed by atoms with Crippen molar-refractivity contribution in [1.29, 1.82) is 5.26 Å². The Morgan fingerprint density at radius 1 is 1.35 bits per heavy atom. The Kier molecular flexibility index (Phi) is 4.00. The molecule has 0 aromatic heterocycles. The average molecular weight is 229 g/mol. The maximum Gasteiger partial charge on any atom is 0.101 e. The van der Waals surface area contributed by atoms with Crippen molar-refractivity contribution in [3.63, 3.8) is 0 Å². The van der Waals surface area contributed by atoms with Crippen LogP contribution < -0.4 is 10.6 Å². The lowest BCUT2D eigenvalue weighted by Gasteiger charge is -2.18. The van der Waals surface area contributed by atoms with Crippen molar-refractivity contribution in [2.45, 2.75) is 32.2 Å². The number of nitriles is 1. The van der Waals surface area contributed by atoms with E-state index in [2.05, 4.69) is 29.7 Å². The van der Waals surface area contributed by atoms with Crippen LogP contribution in [0.25, 0.3) is 0 Å². The molecule has 1 aliphatic heterocycles. The summed E-state index contributed by atoms with van der Waals surface area (Å²) in [7, 11) is 0. The topological polar surface area (TPSA) is 47.9 Å². The summed E-state index contributed by atoms with van der Waals surface area (Å²) < 4.78 is 0. The Bertz CT molecular complexity index is 412. The van der Waals surface area contributed by atoms with E-state index in [1.807, 2.05) is 12.1 Å². The van der Waals surface area contributed by atoms with Gasteiger partial charge in [-0.3, -0.25) is 0 Å². The fraction of sp³-hybridized carbons (Fsp3) is 0.500. The predicted molar refractivity (Wildman–Crippen MR) is 70.0 cm³/mol. The third-order valence-electron chi connectivity index (χ3n) is 3.23. The molecule has 2 rings (SSSR count). The molecule has 3 nitrogen and oxygen atoms in total. The van der Waals surface area contributed by atoms with E-state index in [9.17, 15) is 0 Å². The minimum Gasteiger partial charge on any atom is -0.381 e. The van der Waals surface area contributed by atoms with E-state index in [4.69, 9.17) is 5.26 Å². The number of anilines is 1. The van der Waals surface area contributed by atoms with Crippen LogP contribution in [0.2, 0.25) is 0 Å². The molecule has 3 heteroatoms. The van der Waals surface area contributed by atoms with Crippen LogP contribution in [0.4, 0.5) is 5.69 Å². The second-order valence-electron chi connectivity index (χ2n) is 4.68. The quantitative estimate of drug-likeness (QED) is 0.818. The normalized spacial score (nSPS) is 20.4. The van der Waals surface area contributed by atoms with Crippen molar-refractivity contribution in [2.75, 3.05) is 18.4 Å². The Morgan fingerprint density at radius 2 is 2.24 bits per heavy atom. The van der Waals surface area contributed by atoms with E-state index >= 15 is 0 Å². The molecule has 1 fully saturated rings. The average Bonchev–Trinajstić information content (AvgIpc) is 2.58. The largest absolute Gasteiger partial charge is 0.381 e. The van der Waals surface area contributed by atoms with Gasteiger partial charge in [-0.15, -0.1) is 0 Å². The van der Waals surface area contributed by atoms with Crippen molar-refractivity contribution in [1.82, 2.24) is 5.32 Å². The van der Waals surface area contributed by atoms with Crippen molar-refractivity contribution >= 4 is 5.69 Å². The molecule has 17 heavy (non-hydrogen) atoms. The van der Waals surface area contributed by atoms with E-state index < -0.39 is 0 Å². The lowest BCUT2D eigenvalue weighted by Crippen LogP contribution is -2.22. The first-order valence-electron chi connectivity index (χ1n) is 6.27. The van der Waals surface area contributed by atoms with Crippen LogP contribution in [0.3, 0.4) is 0 Å². The summed E-state index contributed by atoms with van der Waals surface area (Å²) in [6.45, 7) is 4.23. The zero-order chi connectivity index (χ0) is 12.1. The first-order chi connectivity index (χ1) is 8.29. The van der Waals surface area contributed by atoms with Crippen LogP contribution >= 0.6 is 0 Å². The molecular weight excluding hydrogens is 210 g/mol. The van der Waals surface area contributed by atoms with E-state index in [1.54, 1.807) is 0 Å². The first kappa shape index (κ1) is 11.9. The molecule has 2 N–H and O–H groups in total. The smallest absolute Gasteiger partial charge is 0.101 e. The Balaban J connectivity index is 2.11. The van der Waals surface area contributed by atoms with Crippen molar-refractivity contribution < 1.29 is 0 Å². The number of hydrogen-bond donors (Lipinski definition) is 2. The first-order valence-corrected chi connectivity index (χ1v) is 6.27. The highest BCUT2D eigenvalue weighted by Crippen LogP contribution is 2.20. The predicted octanol–water partition coefficient (Wildman–Crippen LogP) is 2.42. The van der Waals surface area contributed by atoms with Crippen LogP contribution in [0.5, 0.6) is 0 Å². The van der Waals surface area contributed by atoms with E-state index in [1.165, 1.54) is 18.4 Å². The molecule has 1 heterocycles. The van der Waals surface area contributed by atoms with Gasteiger partial charge in [-0.25, -0.2) is 0 Å². The molecule has 0 saturated carbocycles. The molecule has 1 aromatic carbocycles. The number of aryl methyl sites for hydroxylation is 1. The van der Waals surface area contributed by atoms with Gasteiger partial charge in [0.15, 0.2) is 0 Å². The third kappa shape index (κ3) is 3.21. The van der Waals surface area contributed by atoms with Gasteiger partial charge in [0.1, 0.15) is 6.07 Å². The Hall–Kier alpha value is -1.53.